The zero-order valence-electron chi connectivity index (χ0n) is 15.3. The number of sulfonamides is 1. The lowest BCUT2D eigenvalue weighted by Crippen LogP contribution is -2.41. The van der Waals surface area contributed by atoms with Gasteiger partial charge in [0.05, 0.1) is 18.6 Å². The zero-order chi connectivity index (χ0) is 19.2. The number of nitrogens with zero attached hydrogens (tertiary/aromatic N) is 1. The second-order valence-electron chi connectivity index (χ2n) is 6.61. The fourth-order valence-corrected chi connectivity index (χ4v) is 5.02. The van der Waals surface area contributed by atoms with Crippen molar-refractivity contribution < 1.29 is 17.9 Å². The average Bonchev–Trinajstić information content (AvgIpc) is 2.60. The summed E-state index contributed by atoms with van der Waals surface area (Å²) in [6.45, 7) is 2.97. The molecule has 0 spiro atoms. The number of hydrogen-bond donors (Lipinski definition) is 1. The summed E-state index contributed by atoms with van der Waals surface area (Å²) in [5.74, 6) is 0.827. The quantitative estimate of drug-likeness (QED) is 0.721. The second kappa shape index (κ2) is 9.58. The van der Waals surface area contributed by atoms with E-state index < -0.39 is 10.0 Å². The molecule has 1 saturated heterocycles. The largest absolute Gasteiger partial charge is 0.495 e. The lowest BCUT2D eigenvalue weighted by molar-refractivity contribution is -0.116. The molecule has 1 N–H and O–H groups in total. The van der Waals surface area contributed by atoms with E-state index in [1.165, 1.54) is 7.11 Å². The molecule has 1 aromatic carbocycles. The van der Waals surface area contributed by atoms with Crippen molar-refractivity contribution in [2.45, 2.75) is 39.0 Å². The molecule has 0 aromatic heterocycles. The molecule has 1 atom stereocenters. The number of carbonyl (C=O) groups excluding carboxylic acids is 1. The van der Waals surface area contributed by atoms with E-state index in [9.17, 15) is 13.2 Å². The summed E-state index contributed by atoms with van der Waals surface area (Å²) in [5, 5.41) is 3.34. The summed E-state index contributed by atoms with van der Waals surface area (Å²) in [6.07, 6.45) is 3.41. The number of amides is 1. The van der Waals surface area contributed by atoms with Gasteiger partial charge in [0, 0.05) is 24.5 Å². The minimum Gasteiger partial charge on any atom is -0.495 e. The van der Waals surface area contributed by atoms with Gasteiger partial charge in [-0.1, -0.05) is 18.5 Å². The molecule has 26 heavy (non-hydrogen) atoms. The zero-order valence-corrected chi connectivity index (χ0v) is 16.9. The Morgan fingerprint density at radius 2 is 2.19 bits per heavy atom. The summed E-state index contributed by atoms with van der Waals surface area (Å²) in [5.41, 5.74) is 0.542. The number of carbonyl (C=O) groups is 1. The predicted molar refractivity (Wildman–Crippen MR) is 104 cm³/mol. The van der Waals surface area contributed by atoms with Crippen LogP contribution in [0.5, 0.6) is 5.75 Å². The molecule has 8 heteroatoms. The molecular formula is C18H27ClN2O4S. The van der Waals surface area contributed by atoms with Crippen molar-refractivity contribution in [1.29, 1.82) is 0 Å². The highest BCUT2D eigenvalue weighted by atomic mass is 35.5. The Kier molecular flexibility index (Phi) is 7.73. The maximum Gasteiger partial charge on any atom is 0.224 e. The van der Waals surface area contributed by atoms with Gasteiger partial charge in [-0.15, -0.1) is 0 Å². The number of ether oxygens (including phenoxy) is 1. The molecule has 2 rings (SSSR count). The summed E-state index contributed by atoms with van der Waals surface area (Å²) in [6, 6.07) is 5.05. The molecule has 1 amide bonds. The van der Waals surface area contributed by atoms with E-state index in [2.05, 4.69) is 5.32 Å². The van der Waals surface area contributed by atoms with Crippen molar-refractivity contribution in [1.82, 2.24) is 4.31 Å². The van der Waals surface area contributed by atoms with Crippen LogP contribution in [-0.2, 0) is 14.8 Å². The number of piperidine rings is 1. The van der Waals surface area contributed by atoms with Crippen LogP contribution in [0.1, 0.15) is 39.0 Å². The highest BCUT2D eigenvalue weighted by molar-refractivity contribution is 7.89. The molecule has 6 nitrogen and oxygen atoms in total. The molecule has 146 valence electrons. The van der Waals surface area contributed by atoms with Gasteiger partial charge < -0.3 is 10.1 Å². The molecule has 1 heterocycles. The molecule has 0 aliphatic carbocycles. The third-order valence-corrected chi connectivity index (χ3v) is 6.83. The number of hydrogen-bond acceptors (Lipinski definition) is 4. The summed E-state index contributed by atoms with van der Waals surface area (Å²) >= 11 is 5.97. The van der Waals surface area contributed by atoms with Crippen LogP contribution in [-0.4, -0.2) is 44.6 Å². The van der Waals surface area contributed by atoms with Gasteiger partial charge in [0.1, 0.15) is 5.75 Å². The van der Waals surface area contributed by atoms with Crippen molar-refractivity contribution in [2.75, 3.05) is 31.3 Å². The first-order valence-corrected chi connectivity index (χ1v) is 11.0. The Morgan fingerprint density at radius 1 is 1.42 bits per heavy atom. The number of anilines is 1. The van der Waals surface area contributed by atoms with Crippen molar-refractivity contribution in [2.24, 2.45) is 5.92 Å². The van der Waals surface area contributed by atoms with Crippen molar-refractivity contribution in [3.63, 3.8) is 0 Å². The molecule has 1 fully saturated rings. The van der Waals surface area contributed by atoms with Gasteiger partial charge in [0.2, 0.25) is 15.9 Å². The molecule has 0 bridgehead atoms. The first kappa shape index (κ1) is 21.0. The molecule has 1 aromatic rings. The van der Waals surface area contributed by atoms with Crippen LogP contribution in [0, 0.1) is 5.92 Å². The fraction of sp³-hybridized carbons (Fsp3) is 0.611. The Bertz CT molecular complexity index is 724. The highest BCUT2D eigenvalue weighted by Gasteiger charge is 2.28. The summed E-state index contributed by atoms with van der Waals surface area (Å²) < 4.78 is 31.3. The van der Waals surface area contributed by atoms with Crippen LogP contribution >= 0.6 is 11.6 Å². The smallest absolute Gasteiger partial charge is 0.224 e. The fourth-order valence-electron chi connectivity index (χ4n) is 3.23. The predicted octanol–water partition coefficient (Wildman–Crippen LogP) is 3.52. The van der Waals surface area contributed by atoms with Gasteiger partial charge in [-0.2, -0.15) is 0 Å². The number of rotatable bonds is 8. The first-order valence-electron chi connectivity index (χ1n) is 8.97. The highest BCUT2D eigenvalue weighted by Crippen LogP contribution is 2.28. The van der Waals surface area contributed by atoms with Crippen molar-refractivity contribution >= 4 is 33.2 Å². The average molecular weight is 403 g/mol. The van der Waals surface area contributed by atoms with E-state index in [0.717, 1.165) is 12.8 Å². The Hall–Kier alpha value is -1.31. The standard InChI is InChI=1S/C18H27ClN2O4S/c1-3-11-26(23,24)21-10-4-5-14(13-21)6-9-18(22)20-16-12-15(19)7-8-17(16)25-2/h7-8,12,14H,3-6,9-11,13H2,1-2H3,(H,20,22). The number of nitrogens with one attached hydrogen (secondary N) is 1. The third-order valence-electron chi connectivity index (χ3n) is 4.55. The van der Waals surface area contributed by atoms with E-state index >= 15 is 0 Å². The third kappa shape index (κ3) is 5.86. The number of benzene rings is 1. The molecule has 0 saturated carbocycles. The van der Waals surface area contributed by atoms with Crippen LogP contribution < -0.4 is 10.1 Å². The van der Waals surface area contributed by atoms with E-state index in [-0.39, 0.29) is 17.6 Å². The van der Waals surface area contributed by atoms with Gasteiger partial charge in [0.25, 0.3) is 0 Å². The molecule has 1 aliphatic rings. The van der Waals surface area contributed by atoms with Crippen molar-refractivity contribution in [3.05, 3.63) is 23.2 Å². The Morgan fingerprint density at radius 3 is 2.88 bits per heavy atom. The Labute approximate surface area is 160 Å². The van der Waals surface area contributed by atoms with E-state index in [4.69, 9.17) is 16.3 Å². The minimum atomic E-state index is -3.17. The summed E-state index contributed by atoms with van der Waals surface area (Å²) in [4.78, 5) is 12.3. The normalized spacial score (nSPS) is 18.5. The Balaban J connectivity index is 1.88. The second-order valence-corrected chi connectivity index (χ2v) is 9.14. The SMILES string of the molecule is CCCS(=O)(=O)N1CCCC(CCC(=O)Nc2cc(Cl)ccc2OC)C1. The molecular weight excluding hydrogens is 376 g/mol. The van der Waals surface area contributed by atoms with Gasteiger partial charge in [-0.25, -0.2) is 12.7 Å². The monoisotopic (exact) mass is 402 g/mol. The van der Waals surface area contributed by atoms with Gasteiger partial charge in [0.15, 0.2) is 0 Å². The maximum atomic E-state index is 12.3. The lowest BCUT2D eigenvalue weighted by atomic mass is 9.94. The van der Waals surface area contributed by atoms with E-state index in [0.29, 0.717) is 48.8 Å². The topological polar surface area (TPSA) is 75.7 Å². The van der Waals surface area contributed by atoms with Crippen LogP contribution in [0.15, 0.2) is 18.2 Å². The maximum absolute atomic E-state index is 12.3. The molecule has 0 radical (unpaired) electrons. The summed E-state index contributed by atoms with van der Waals surface area (Å²) in [7, 11) is -1.63. The van der Waals surface area contributed by atoms with Gasteiger partial charge in [-0.05, 0) is 49.8 Å². The minimum absolute atomic E-state index is 0.126. The molecule has 1 aliphatic heterocycles. The van der Waals surface area contributed by atoms with Gasteiger partial charge >= 0.3 is 0 Å². The van der Waals surface area contributed by atoms with Crippen LogP contribution in [0.25, 0.3) is 0 Å². The van der Waals surface area contributed by atoms with Crippen LogP contribution in [0.2, 0.25) is 5.02 Å². The van der Waals surface area contributed by atoms with Crippen LogP contribution in [0.4, 0.5) is 5.69 Å². The van der Waals surface area contributed by atoms with Crippen molar-refractivity contribution in [3.8, 4) is 5.75 Å². The van der Waals surface area contributed by atoms with Crippen LogP contribution in [0.3, 0.4) is 0 Å². The van der Waals surface area contributed by atoms with E-state index in [1.807, 2.05) is 6.92 Å². The molecule has 1 unspecified atom stereocenters. The first-order chi connectivity index (χ1) is 12.4. The van der Waals surface area contributed by atoms with Gasteiger partial charge in [-0.3, -0.25) is 4.79 Å². The lowest BCUT2D eigenvalue weighted by Gasteiger charge is -2.31. The number of halogens is 1. The number of methoxy groups -OCH3 is 1. The van der Waals surface area contributed by atoms with E-state index in [1.54, 1.807) is 22.5 Å².